The monoisotopic (exact) mass is 481 g/mol. The first kappa shape index (κ1) is 23.3. The Balaban J connectivity index is 1.23. The quantitative estimate of drug-likeness (QED) is 0.348. The van der Waals surface area contributed by atoms with Crippen LogP contribution in [0.4, 0.5) is 0 Å². The molecule has 0 saturated carbocycles. The maximum atomic E-state index is 13.1. The fourth-order valence-corrected chi connectivity index (χ4v) is 4.31. The van der Waals surface area contributed by atoms with Crippen LogP contribution < -0.4 is 15.6 Å². The number of nitrogens with zero attached hydrogens (tertiary/aromatic N) is 4. The van der Waals surface area contributed by atoms with Crippen molar-refractivity contribution in [3.8, 4) is 5.75 Å². The van der Waals surface area contributed by atoms with Crippen LogP contribution in [0.3, 0.4) is 0 Å². The Hall–Kier alpha value is -4.46. The molecule has 8 heteroatoms. The molecule has 2 heterocycles. The molecule has 5 aromatic rings. The first-order valence-electron chi connectivity index (χ1n) is 12.0. The number of rotatable bonds is 9. The summed E-state index contributed by atoms with van der Waals surface area (Å²) in [7, 11) is 0. The molecule has 3 aromatic carbocycles. The third-order valence-electron chi connectivity index (χ3n) is 6.09. The normalized spacial score (nSPS) is 11.1. The zero-order valence-electron chi connectivity index (χ0n) is 20.1. The van der Waals surface area contributed by atoms with Crippen molar-refractivity contribution in [1.29, 1.82) is 0 Å². The van der Waals surface area contributed by atoms with E-state index in [1.54, 1.807) is 21.8 Å². The Morgan fingerprint density at radius 3 is 2.64 bits per heavy atom. The maximum Gasteiger partial charge on any atom is 0.264 e. The second-order valence-electron chi connectivity index (χ2n) is 8.52. The smallest absolute Gasteiger partial charge is 0.264 e. The standard InChI is InChI=1S/C28H27N5O3/c1-2-36-23-12-10-20(11-13-23)16-26(34)29-14-15-33-27-25(17-31-33)28(35)32(19-30-27)18-22-8-5-7-21-6-3-4-9-24(21)22/h3-13,17,19H,2,14-16,18H2,1H3,(H,29,34). The van der Waals surface area contributed by atoms with E-state index >= 15 is 0 Å². The van der Waals surface area contributed by atoms with Crippen molar-refractivity contribution in [1.82, 2.24) is 24.6 Å². The molecule has 182 valence electrons. The van der Waals surface area contributed by atoms with E-state index in [0.29, 0.717) is 37.3 Å². The molecular formula is C28H27N5O3. The minimum atomic E-state index is -0.140. The molecule has 36 heavy (non-hydrogen) atoms. The number of aromatic nitrogens is 4. The SMILES string of the molecule is CCOc1ccc(CC(=O)NCCn2ncc3c(=O)n(Cc4cccc5ccccc45)cnc32)cc1. The molecule has 2 aromatic heterocycles. The van der Waals surface area contributed by atoms with E-state index in [9.17, 15) is 9.59 Å². The summed E-state index contributed by atoms with van der Waals surface area (Å²) in [4.78, 5) is 30.0. The zero-order chi connectivity index (χ0) is 24.9. The van der Waals surface area contributed by atoms with Crippen LogP contribution in [0.15, 0.2) is 84.0 Å². The molecule has 0 unspecified atom stereocenters. The molecule has 8 nitrogen and oxygen atoms in total. The van der Waals surface area contributed by atoms with Gasteiger partial charge in [0, 0.05) is 6.54 Å². The van der Waals surface area contributed by atoms with Crippen LogP contribution in [0.2, 0.25) is 0 Å². The van der Waals surface area contributed by atoms with Crippen LogP contribution in [-0.2, 0) is 24.3 Å². The van der Waals surface area contributed by atoms with E-state index in [2.05, 4.69) is 33.6 Å². The molecule has 0 aliphatic heterocycles. The number of carbonyl (C=O) groups is 1. The predicted molar refractivity (Wildman–Crippen MR) is 139 cm³/mol. The zero-order valence-corrected chi connectivity index (χ0v) is 20.1. The van der Waals surface area contributed by atoms with Gasteiger partial charge in [-0.3, -0.25) is 14.2 Å². The van der Waals surface area contributed by atoms with Crippen molar-refractivity contribution in [3.63, 3.8) is 0 Å². The Labute approximate surface area is 208 Å². The lowest BCUT2D eigenvalue weighted by Crippen LogP contribution is -2.29. The number of benzene rings is 3. The molecule has 0 aliphatic rings. The molecule has 0 spiro atoms. The molecule has 0 atom stereocenters. The Morgan fingerprint density at radius 2 is 1.81 bits per heavy atom. The number of fused-ring (bicyclic) bond motifs is 2. The predicted octanol–water partition coefficient (Wildman–Crippen LogP) is 3.55. The lowest BCUT2D eigenvalue weighted by atomic mass is 10.0. The third-order valence-corrected chi connectivity index (χ3v) is 6.09. The van der Waals surface area contributed by atoms with Gasteiger partial charge in [-0.2, -0.15) is 5.10 Å². The van der Waals surface area contributed by atoms with Crippen LogP contribution >= 0.6 is 0 Å². The molecule has 1 amide bonds. The number of carbonyl (C=O) groups excluding carboxylic acids is 1. The van der Waals surface area contributed by atoms with Gasteiger partial charge in [-0.1, -0.05) is 54.6 Å². The van der Waals surface area contributed by atoms with Crippen LogP contribution in [0.25, 0.3) is 21.8 Å². The van der Waals surface area contributed by atoms with Gasteiger partial charge in [-0.05, 0) is 41.0 Å². The topological polar surface area (TPSA) is 91.0 Å². The molecule has 0 saturated heterocycles. The number of hydrogen-bond donors (Lipinski definition) is 1. The molecular weight excluding hydrogens is 454 g/mol. The van der Waals surface area contributed by atoms with Gasteiger partial charge < -0.3 is 10.1 Å². The van der Waals surface area contributed by atoms with E-state index in [0.717, 1.165) is 27.6 Å². The van der Waals surface area contributed by atoms with Crippen molar-refractivity contribution in [2.24, 2.45) is 0 Å². The maximum absolute atomic E-state index is 13.1. The lowest BCUT2D eigenvalue weighted by molar-refractivity contribution is -0.120. The van der Waals surface area contributed by atoms with Gasteiger partial charge in [-0.15, -0.1) is 0 Å². The van der Waals surface area contributed by atoms with E-state index in [-0.39, 0.29) is 17.9 Å². The van der Waals surface area contributed by atoms with Crippen molar-refractivity contribution in [3.05, 3.63) is 101 Å². The van der Waals surface area contributed by atoms with E-state index in [1.807, 2.05) is 55.5 Å². The van der Waals surface area contributed by atoms with Crippen LogP contribution in [0.1, 0.15) is 18.1 Å². The highest BCUT2D eigenvalue weighted by atomic mass is 16.5. The Bertz CT molecular complexity index is 1570. The highest BCUT2D eigenvalue weighted by molar-refractivity contribution is 5.85. The molecule has 1 N–H and O–H groups in total. The van der Waals surface area contributed by atoms with Gasteiger partial charge in [0.15, 0.2) is 5.65 Å². The fraction of sp³-hybridized carbons (Fsp3) is 0.214. The number of hydrogen-bond acceptors (Lipinski definition) is 5. The minimum Gasteiger partial charge on any atom is -0.494 e. The van der Waals surface area contributed by atoms with Crippen molar-refractivity contribution >= 4 is 27.7 Å². The second-order valence-corrected chi connectivity index (χ2v) is 8.52. The van der Waals surface area contributed by atoms with Gasteiger partial charge >= 0.3 is 0 Å². The summed E-state index contributed by atoms with van der Waals surface area (Å²) in [5, 5.41) is 9.95. The summed E-state index contributed by atoms with van der Waals surface area (Å²) in [5.41, 5.74) is 2.33. The first-order chi connectivity index (χ1) is 17.6. The second kappa shape index (κ2) is 10.4. The highest BCUT2D eigenvalue weighted by Gasteiger charge is 2.12. The number of nitrogens with one attached hydrogen (secondary N) is 1. The summed E-state index contributed by atoms with van der Waals surface area (Å²) in [6.07, 6.45) is 3.39. The highest BCUT2D eigenvalue weighted by Crippen LogP contribution is 2.19. The van der Waals surface area contributed by atoms with Gasteiger partial charge in [0.25, 0.3) is 5.56 Å². The van der Waals surface area contributed by atoms with E-state index < -0.39 is 0 Å². The number of amides is 1. The van der Waals surface area contributed by atoms with Gasteiger partial charge in [-0.25, -0.2) is 9.67 Å². The largest absolute Gasteiger partial charge is 0.494 e. The van der Waals surface area contributed by atoms with Crippen LogP contribution in [0, 0.1) is 0 Å². The van der Waals surface area contributed by atoms with Gasteiger partial charge in [0.05, 0.1) is 32.3 Å². The van der Waals surface area contributed by atoms with E-state index in [4.69, 9.17) is 4.74 Å². The molecule has 5 rings (SSSR count). The van der Waals surface area contributed by atoms with E-state index in [1.165, 1.54) is 0 Å². The molecule has 0 bridgehead atoms. The fourth-order valence-electron chi connectivity index (χ4n) is 4.31. The molecule has 0 aliphatic carbocycles. The van der Waals surface area contributed by atoms with Crippen molar-refractivity contribution in [2.75, 3.05) is 13.2 Å². The molecule has 0 radical (unpaired) electrons. The van der Waals surface area contributed by atoms with Crippen LogP contribution in [-0.4, -0.2) is 38.4 Å². The van der Waals surface area contributed by atoms with Crippen molar-refractivity contribution < 1.29 is 9.53 Å². The average molecular weight is 482 g/mol. The minimum absolute atomic E-state index is 0.0824. The summed E-state index contributed by atoms with van der Waals surface area (Å²) < 4.78 is 8.68. The van der Waals surface area contributed by atoms with Gasteiger partial charge in [0.2, 0.25) is 5.91 Å². The number of ether oxygens (including phenoxy) is 1. The summed E-state index contributed by atoms with van der Waals surface area (Å²) in [6.45, 7) is 3.76. The Morgan fingerprint density at radius 1 is 1.00 bits per heavy atom. The summed E-state index contributed by atoms with van der Waals surface area (Å²) in [6, 6.07) is 21.7. The van der Waals surface area contributed by atoms with Gasteiger partial charge in [0.1, 0.15) is 17.5 Å². The summed E-state index contributed by atoms with van der Waals surface area (Å²) in [5.74, 6) is 0.705. The molecule has 0 fully saturated rings. The average Bonchev–Trinajstić information content (AvgIpc) is 3.31. The Kier molecular flexibility index (Phi) is 6.75. The first-order valence-corrected chi connectivity index (χ1v) is 12.0. The van der Waals surface area contributed by atoms with Crippen molar-refractivity contribution in [2.45, 2.75) is 26.4 Å². The lowest BCUT2D eigenvalue weighted by Gasteiger charge is -2.10. The van der Waals surface area contributed by atoms with Crippen LogP contribution in [0.5, 0.6) is 5.75 Å². The summed E-state index contributed by atoms with van der Waals surface area (Å²) >= 11 is 0. The third kappa shape index (κ3) is 4.98.